The first-order chi connectivity index (χ1) is 9.26. The van der Waals surface area contributed by atoms with E-state index in [2.05, 4.69) is 19.2 Å². The lowest BCUT2D eigenvalue weighted by Crippen LogP contribution is -2.34. The first-order valence-corrected chi connectivity index (χ1v) is 7.19. The molecule has 1 atom stereocenters. The van der Waals surface area contributed by atoms with Gasteiger partial charge in [-0.05, 0) is 24.9 Å². The van der Waals surface area contributed by atoms with Crippen molar-refractivity contribution in [2.24, 2.45) is 0 Å². The number of hydrogen-bond acceptors (Lipinski definition) is 3. The van der Waals surface area contributed by atoms with Crippen molar-refractivity contribution < 1.29 is 9.53 Å². The molecule has 1 unspecified atom stereocenters. The van der Waals surface area contributed by atoms with Crippen molar-refractivity contribution >= 4 is 5.97 Å². The molecular weight excluding hydrogens is 238 g/mol. The summed E-state index contributed by atoms with van der Waals surface area (Å²) in [6.07, 6.45) is 3.67. The number of hydrogen-bond donors (Lipinski definition) is 1. The van der Waals surface area contributed by atoms with E-state index in [4.69, 9.17) is 4.74 Å². The highest BCUT2D eigenvalue weighted by atomic mass is 16.5. The van der Waals surface area contributed by atoms with E-state index in [-0.39, 0.29) is 12.0 Å². The molecule has 0 aliphatic rings. The second-order valence-corrected chi connectivity index (χ2v) is 4.76. The largest absolute Gasteiger partial charge is 0.464 e. The number of esters is 1. The summed E-state index contributed by atoms with van der Waals surface area (Å²) in [6, 6.07) is 9.97. The number of nitrogens with one attached hydrogen (secondary N) is 1. The van der Waals surface area contributed by atoms with Gasteiger partial charge in [0.2, 0.25) is 0 Å². The molecule has 0 spiro atoms. The lowest BCUT2D eigenvalue weighted by molar-refractivity contribution is -0.143. The summed E-state index contributed by atoms with van der Waals surface area (Å²) in [4.78, 5) is 11.7. The minimum absolute atomic E-state index is 0.151. The normalized spacial score (nSPS) is 12.1. The summed E-state index contributed by atoms with van der Waals surface area (Å²) in [5.74, 6) is -0.151. The molecule has 0 saturated heterocycles. The lowest BCUT2D eigenvalue weighted by Gasteiger charge is -2.16. The number of benzene rings is 1. The summed E-state index contributed by atoms with van der Waals surface area (Å²) < 4.78 is 5.33. The summed E-state index contributed by atoms with van der Waals surface area (Å²) in [6.45, 7) is 5.73. The van der Waals surface area contributed by atoms with E-state index in [9.17, 15) is 4.79 Å². The molecule has 0 bridgehead atoms. The van der Waals surface area contributed by atoms with E-state index in [1.165, 1.54) is 6.42 Å². The fourth-order valence-electron chi connectivity index (χ4n) is 1.81. The van der Waals surface area contributed by atoms with Crippen LogP contribution < -0.4 is 5.32 Å². The zero-order chi connectivity index (χ0) is 13.9. The molecule has 3 heteroatoms. The molecule has 0 saturated carbocycles. The predicted molar refractivity (Wildman–Crippen MR) is 78.1 cm³/mol. The predicted octanol–water partition coefficient (Wildman–Crippen LogP) is 2.94. The van der Waals surface area contributed by atoms with Crippen LogP contribution in [0.4, 0.5) is 0 Å². The number of carbonyl (C=O) groups excluding carboxylic acids is 1. The van der Waals surface area contributed by atoms with Gasteiger partial charge in [0.15, 0.2) is 0 Å². The zero-order valence-corrected chi connectivity index (χ0v) is 12.0. The first-order valence-electron chi connectivity index (χ1n) is 7.19. The van der Waals surface area contributed by atoms with Crippen LogP contribution in [0.2, 0.25) is 0 Å². The van der Waals surface area contributed by atoms with Gasteiger partial charge in [-0.2, -0.15) is 0 Å². The lowest BCUT2D eigenvalue weighted by atomic mass is 10.1. The number of carbonyl (C=O) groups is 1. The van der Waals surface area contributed by atoms with Gasteiger partial charge in [-0.3, -0.25) is 4.79 Å². The second kappa shape index (κ2) is 9.56. The molecule has 1 aromatic rings. The molecule has 0 fully saturated rings. The minimum atomic E-state index is -0.151. The fourth-order valence-corrected chi connectivity index (χ4v) is 1.81. The second-order valence-electron chi connectivity index (χ2n) is 4.76. The van der Waals surface area contributed by atoms with Gasteiger partial charge < -0.3 is 10.1 Å². The maximum atomic E-state index is 11.7. The smallest absolute Gasteiger partial charge is 0.310 e. The number of rotatable bonds is 9. The molecule has 0 aliphatic carbocycles. The third-order valence-electron chi connectivity index (χ3n) is 3.09. The van der Waals surface area contributed by atoms with Gasteiger partial charge in [0.1, 0.15) is 6.61 Å². The summed E-state index contributed by atoms with van der Waals surface area (Å²) in [5, 5.41) is 3.41. The van der Waals surface area contributed by atoms with Crippen LogP contribution in [0.3, 0.4) is 0 Å². The Bertz CT molecular complexity index is 351. The third kappa shape index (κ3) is 6.97. The Morgan fingerprint density at radius 3 is 2.63 bits per heavy atom. The van der Waals surface area contributed by atoms with Gasteiger partial charge in [0, 0.05) is 6.04 Å². The molecule has 106 valence electrons. The van der Waals surface area contributed by atoms with Crippen LogP contribution in [0.25, 0.3) is 0 Å². The highest BCUT2D eigenvalue weighted by Gasteiger charge is 2.09. The third-order valence-corrected chi connectivity index (χ3v) is 3.09. The van der Waals surface area contributed by atoms with Crippen LogP contribution in [-0.2, 0) is 16.0 Å². The molecule has 0 heterocycles. The minimum Gasteiger partial charge on any atom is -0.464 e. The van der Waals surface area contributed by atoms with Crippen LogP contribution in [0.15, 0.2) is 30.3 Å². The van der Waals surface area contributed by atoms with Gasteiger partial charge in [-0.25, -0.2) is 0 Å². The average molecular weight is 263 g/mol. The Balaban J connectivity index is 2.24. The van der Waals surface area contributed by atoms with E-state index >= 15 is 0 Å². The number of unbranched alkanes of at least 4 members (excludes halogenated alkanes) is 1. The van der Waals surface area contributed by atoms with Gasteiger partial charge >= 0.3 is 5.97 Å². The number of ether oxygens (including phenoxy) is 1. The standard InChI is InChI=1S/C16H25NO2/c1-3-5-11-17-15(4-2)13-19-16(18)12-14-9-7-6-8-10-14/h6-10,15,17H,3-5,11-13H2,1-2H3. The molecule has 19 heavy (non-hydrogen) atoms. The van der Waals surface area contributed by atoms with Crippen molar-refractivity contribution in [3.63, 3.8) is 0 Å². The Morgan fingerprint density at radius 2 is 2.00 bits per heavy atom. The van der Waals surface area contributed by atoms with Crippen LogP contribution in [0.5, 0.6) is 0 Å². The van der Waals surface area contributed by atoms with Crippen molar-refractivity contribution in [3.05, 3.63) is 35.9 Å². The van der Waals surface area contributed by atoms with Crippen LogP contribution in [0.1, 0.15) is 38.7 Å². The van der Waals surface area contributed by atoms with E-state index in [1.54, 1.807) is 0 Å². The van der Waals surface area contributed by atoms with Crippen molar-refractivity contribution in [1.29, 1.82) is 0 Å². The van der Waals surface area contributed by atoms with Crippen LogP contribution >= 0.6 is 0 Å². The Labute approximate surface area is 116 Å². The zero-order valence-electron chi connectivity index (χ0n) is 12.0. The van der Waals surface area contributed by atoms with Crippen molar-refractivity contribution in [2.75, 3.05) is 13.2 Å². The SMILES string of the molecule is CCCCNC(CC)COC(=O)Cc1ccccc1. The van der Waals surface area contributed by atoms with Gasteiger partial charge in [-0.15, -0.1) is 0 Å². The highest BCUT2D eigenvalue weighted by Crippen LogP contribution is 2.02. The maximum Gasteiger partial charge on any atom is 0.310 e. The van der Waals surface area contributed by atoms with E-state index in [1.807, 2.05) is 30.3 Å². The quantitative estimate of drug-likeness (QED) is 0.550. The Kier molecular flexibility index (Phi) is 7.91. The summed E-state index contributed by atoms with van der Waals surface area (Å²) in [5.41, 5.74) is 1.000. The molecule has 0 amide bonds. The van der Waals surface area contributed by atoms with Gasteiger partial charge in [0.25, 0.3) is 0 Å². The van der Waals surface area contributed by atoms with Crippen molar-refractivity contribution in [1.82, 2.24) is 5.32 Å². The Morgan fingerprint density at radius 1 is 1.26 bits per heavy atom. The van der Waals surface area contributed by atoms with Crippen LogP contribution in [-0.4, -0.2) is 25.2 Å². The van der Waals surface area contributed by atoms with E-state index < -0.39 is 0 Å². The molecule has 1 rings (SSSR count). The molecule has 1 N–H and O–H groups in total. The Hall–Kier alpha value is -1.35. The molecule has 0 aliphatic heterocycles. The molecule has 0 radical (unpaired) electrons. The average Bonchev–Trinajstić information content (AvgIpc) is 2.44. The topological polar surface area (TPSA) is 38.3 Å². The van der Waals surface area contributed by atoms with E-state index in [0.29, 0.717) is 13.0 Å². The van der Waals surface area contributed by atoms with Crippen molar-refractivity contribution in [3.8, 4) is 0 Å². The first kappa shape index (κ1) is 15.7. The highest BCUT2D eigenvalue weighted by molar-refractivity contribution is 5.72. The monoisotopic (exact) mass is 263 g/mol. The van der Waals surface area contributed by atoms with Gasteiger partial charge in [-0.1, -0.05) is 50.6 Å². The maximum absolute atomic E-state index is 11.7. The molecule has 0 aromatic heterocycles. The molecule has 1 aromatic carbocycles. The van der Waals surface area contributed by atoms with Crippen LogP contribution in [0, 0.1) is 0 Å². The summed E-state index contributed by atoms with van der Waals surface area (Å²) in [7, 11) is 0. The molecular formula is C16H25NO2. The molecule has 3 nitrogen and oxygen atoms in total. The van der Waals surface area contributed by atoms with Gasteiger partial charge in [0.05, 0.1) is 6.42 Å². The van der Waals surface area contributed by atoms with Crippen molar-refractivity contribution in [2.45, 2.75) is 45.6 Å². The summed E-state index contributed by atoms with van der Waals surface area (Å²) >= 11 is 0. The van der Waals surface area contributed by atoms with E-state index in [0.717, 1.165) is 24.9 Å². The fraction of sp³-hybridized carbons (Fsp3) is 0.562.